The van der Waals surface area contributed by atoms with E-state index in [1.165, 1.54) is 19.3 Å². The summed E-state index contributed by atoms with van der Waals surface area (Å²) in [5, 5.41) is 6.80. The number of piperidine rings is 1. The first-order valence-electron chi connectivity index (χ1n) is 5.51. The summed E-state index contributed by atoms with van der Waals surface area (Å²) in [6.45, 7) is 3.05. The van der Waals surface area contributed by atoms with Crippen LogP contribution in [0.15, 0.2) is 0 Å². The van der Waals surface area contributed by atoms with Crippen LogP contribution < -0.4 is 16.4 Å². The maximum Gasteiger partial charge on any atom is 0.217 e. The molecule has 82 valence electrons. The zero-order valence-corrected chi connectivity index (χ0v) is 8.72. The second-order valence-corrected chi connectivity index (χ2v) is 3.92. The van der Waals surface area contributed by atoms with E-state index < -0.39 is 0 Å². The van der Waals surface area contributed by atoms with E-state index >= 15 is 0 Å². The summed E-state index contributed by atoms with van der Waals surface area (Å²) in [6.07, 6.45) is 5.24. The lowest BCUT2D eigenvalue weighted by Crippen LogP contribution is -2.42. The van der Waals surface area contributed by atoms with E-state index in [0.717, 1.165) is 26.1 Å². The van der Waals surface area contributed by atoms with Crippen molar-refractivity contribution in [2.45, 2.75) is 38.1 Å². The molecule has 1 aliphatic rings. The molecular weight excluding hydrogens is 178 g/mol. The number of nitrogens with two attached hydrogens (primary N) is 1. The van der Waals surface area contributed by atoms with Crippen LogP contribution in [0.4, 0.5) is 0 Å². The Labute approximate surface area is 85.6 Å². The summed E-state index contributed by atoms with van der Waals surface area (Å²) in [4.78, 5) is 10.4. The Hall–Kier alpha value is -0.610. The van der Waals surface area contributed by atoms with Crippen LogP contribution in [0.2, 0.25) is 0 Å². The third-order valence-corrected chi connectivity index (χ3v) is 2.58. The summed E-state index contributed by atoms with van der Waals surface area (Å²) < 4.78 is 0. The zero-order chi connectivity index (χ0) is 10.2. The van der Waals surface area contributed by atoms with E-state index in [1.807, 2.05) is 0 Å². The van der Waals surface area contributed by atoms with Gasteiger partial charge in [-0.1, -0.05) is 6.42 Å². The van der Waals surface area contributed by atoms with Gasteiger partial charge in [0.2, 0.25) is 5.91 Å². The van der Waals surface area contributed by atoms with E-state index in [-0.39, 0.29) is 5.91 Å². The van der Waals surface area contributed by atoms with Crippen LogP contribution in [0, 0.1) is 0 Å². The van der Waals surface area contributed by atoms with E-state index in [2.05, 4.69) is 10.6 Å². The van der Waals surface area contributed by atoms with Gasteiger partial charge in [-0.05, 0) is 32.4 Å². The lowest BCUT2D eigenvalue weighted by molar-refractivity contribution is -0.118. The largest absolute Gasteiger partial charge is 0.370 e. The minimum absolute atomic E-state index is 0.206. The molecule has 14 heavy (non-hydrogen) atoms. The first kappa shape index (κ1) is 11.5. The summed E-state index contributed by atoms with van der Waals surface area (Å²) in [5.41, 5.74) is 5.04. The molecule has 0 spiro atoms. The van der Waals surface area contributed by atoms with Gasteiger partial charge in [-0.15, -0.1) is 0 Å². The van der Waals surface area contributed by atoms with E-state index in [1.54, 1.807) is 0 Å². The monoisotopic (exact) mass is 199 g/mol. The fourth-order valence-electron chi connectivity index (χ4n) is 1.76. The molecule has 0 bridgehead atoms. The fourth-order valence-corrected chi connectivity index (χ4v) is 1.76. The number of carbonyl (C=O) groups excluding carboxylic acids is 1. The summed E-state index contributed by atoms with van der Waals surface area (Å²) in [6, 6.07) is 0.623. The van der Waals surface area contributed by atoms with Gasteiger partial charge in [0.05, 0.1) is 0 Å². The van der Waals surface area contributed by atoms with Crippen molar-refractivity contribution in [3.8, 4) is 0 Å². The highest BCUT2D eigenvalue weighted by atomic mass is 16.1. The number of nitrogens with one attached hydrogen (secondary N) is 2. The summed E-state index contributed by atoms with van der Waals surface area (Å²) in [5.74, 6) is -0.206. The van der Waals surface area contributed by atoms with Crippen LogP contribution in [0.1, 0.15) is 32.1 Å². The molecular formula is C10H21N3O. The molecule has 4 N–H and O–H groups in total. The standard InChI is InChI=1S/C10H21N3O/c11-10(14)5-3-6-12-8-9-4-1-2-7-13-9/h9,12-13H,1-8H2,(H2,11,14). The van der Waals surface area contributed by atoms with Crippen molar-refractivity contribution >= 4 is 5.91 Å². The molecule has 0 aromatic carbocycles. The van der Waals surface area contributed by atoms with Crippen LogP contribution >= 0.6 is 0 Å². The Morgan fingerprint density at radius 1 is 1.50 bits per heavy atom. The van der Waals surface area contributed by atoms with E-state index in [4.69, 9.17) is 5.73 Å². The molecule has 0 saturated carbocycles. The van der Waals surface area contributed by atoms with Gasteiger partial charge in [0.1, 0.15) is 0 Å². The van der Waals surface area contributed by atoms with Gasteiger partial charge in [-0.3, -0.25) is 4.79 Å². The number of hydrogen-bond donors (Lipinski definition) is 3. The molecule has 1 heterocycles. The van der Waals surface area contributed by atoms with Gasteiger partial charge in [0.25, 0.3) is 0 Å². The highest BCUT2D eigenvalue weighted by Crippen LogP contribution is 2.05. The second-order valence-electron chi connectivity index (χ2n) is 3.92. The Morgan fingerprint density at radius 3 is 3.00 bits per heavy atom. The van der Waals surface area contributed by atoms with Crippen LogP contribution in [-0.2, 0) is 4.79 Å². The van der Waals surface area contributed by atoms with E-state index in [0.29, 0.717) is 12.5 Å². The molecule has 1 fully saturated rings. The third kappa shape index (κ3) is 5.19. The van der Waals surface area contributed by atoms with Crippen LogP contribution in [0.25, 0.3) is 0 Å². The zero-order valence-electron chi connectivity index (χ0n) is 8.72. The molecule has 0 aromatic rings. The number of hydrogen-bond acceptors (Lipinski definition) is 3. The van der Waals surface area contributed by atoms with Crippen molar-refractivity contribution in [2.75, 3.05) is 19.6 Å². The number of primary amides is 1. The van der Waals surface area contributed by atoms with Crippen LogP contribution in [0.5, 0.6) is 0 Å². The fraction of sp³-hybridized carbons (Fsp3) is 0.900. The molecule has 0 aliphatic carbocycles. The average Bonchev–Trinajstić information content (AvgIpc) is 2.18. The minimum Gasteiger partial charge on any atom is -0.370 e. The summed E-state index contributed by atoms with van der Waals surface area (Å²) in [7, 11) is 0. The van der Waals surface area contributed by atoms with Crippen molar-refractivity contribution in [3.63, 3.8) is 0 Å². The average molecular weight is 199 g/mol. The molecule has 1 aliphatic heterocycles. The van der Waals surface area contributed by atoms with Crippen molar-refractivity contribution in [1.82, 2.24) is 10.6 Å². The van der Waals surface area contributed by atoms with Crippen LogP contribution in [-0.4, -0.2) is 31.6 Å². The van der Waals surface area contributed by atoms with Crippen molar-refractivity contribution in [3.05, 3.63) is 0 Å². The maximum absolute atomic E-state index is 10.4. The molecule has 1 atom stereocenters. The number of amides is 1. The SMILES string of the molecule is NC(=O)CCCNCC1CCCCN1. The molecule has 0 radical (unpaired) electrons. The molecule has 1 unspecified atom stereocenters. The normalized spacial score (nSPS) is 22.1. The molecule has 1 saturated heterocycles. The number of carbonyl (C=O) groups is 1. The molecule has 1 amide bonds. The molecule has 4 nitrogen and oxygen atoms in total. The Balaban J connectivity index is 1.90. The first-order valence-corrected chi connectivity index (χ1v) is 5.51. The quantitative estimate of drug-likeness (QED) is 0.527. The smallest absolute Gasteiger partial charge is 0.217 e. The first-order chi connectivity index (χ1) is 6.79. The predicted molar refractivity (Wildman–Crippen MR) is 56.9 cm³/mol. The molecule has 1 rings (SSSR count). The van der Waals surface area contributed by atoms with Gasteiger partial charge < -0.3 is 16.4 Å². The van der Waals surface area contributed by atoms with Gasteiger partial charge >= 0.3 is 0 Å². The Kier molecular flexibility index (Phi) is 5.56. The summed E-state index contributed by atoms with van der Waals surface area (Å²) >= 11 is 0. The second kappa shape index (κ2) is 6.79. The molecule has 4 heteroatoms. The maximum atomic E-state index is 10.4. The highest BCUT2D eigenvalue weighted by Gasteiger charge is 2.10. The topological polar surface area (TPSA) is 67.2 Å². The van der Waals surface area contributed by atoms with Gasteiger partial charge in [-0.2, -0.15) is 0 Å². The predicted octanol–water partition coefficient (Wildman–Crippen LogP) is -0.0164. The minimum atomic E-state index is -0.206. The highest BCUT2D eigenvalue weighted by molar-refractivity contribution is 5.73. The lowest BCUT2D eigenvalue weighted by Gasteiger charge is -2.23. The van der Waals surface area contributed by atoms with Gasteiger partial charge in [-0.25, -0.2) is 0 Å². The van der Waals surface area contributed by atoms with Crippen molar-refractivity contribution in [2.24, 2.45) is 5.73 Å². The van der Waals surface area contributed by atoms with Gasteiger partial charge in [0, 0.05) is 19.0 Å². The third-order valence-electron chi connectivity index (χ3n) is 2.58. The molecule has 0 aromatic heterocycles. The van der Waals surface area contributed by atoms with Gasteiger partial charge in [0.15, 0.2) is 0 Å². The Morgan fingerprint density at radius 2 is 2.36 bits per heavy atom. The van der Waals surface area contributed by atoms with Crippen molar-refractivity contribution in [1.29, 1.82) is 0 Å². The van der Waals surface area contributed by atoms with Crippen molar-refractivity contribution < 1.29 is 4.79 Å². The Bertz CT molecular complexity index is 167. The van der Waals surface area contributed by atoms with Crippen LogP contribution in [0.3, 0.4) is 0 Å². The lowest BCUT2D eigenvalue weighted by atomic mass is 10.1. The van der Waals surface area contributed by atoms with E-state index in [9.17, 15) is 4.79 Å². The number of rotatable bonds is 6.